The van der Waals surface area contributed by atoms with Gasteiger partial charge in [-0.15, -0.1) is 0 Å². The van der Waals surface area contributed by atoms with Crippen molar-refractivity contribution in [1.82, 2.24) is 9.55 Å². The number of benzene rings is 2. The first kappa shape index (κ1) is 18.9. The van der Waals surface area contributed by atoms with Crippen LogP contribution in [0.3, 0.4) is 0 Å². The maximum Gasteiger partial charge on any atom is 0.291 e. The van der Waals surface area contributed by atoms with Gasteiger partial charge in [-0.05, 0) is 42.5 Å². The Bertz CT molecular complexity index is 1090. The van der Waals surface area contributed by atoms with Crippen LogP contribution in [0.5, 0.6) is 5.75 Å². The van der Waals surface area contributed by atoms with Crippen molar-refractivity contribution >= 4 is 23.4 Å². The monoisotopic (exact) mass is 405 g/mol. The molecule has 0 aliphatic carbocycles. The van der Waals surface area contributed by atoms with Crippen molar-refractivity contribution in [3.05, 3.63) is 90.6 Å². The molecule has 4 rings (SSSR count). The number of carbonyl (C=O) groups excluding carboxylic acids is 1. The van der Waals surface area contributed by atoms with Gasteiger partial charge in [0.2, 0.25) is 0 Å². The molecule has 2 heterocycles. The van der Waals surface area contributed by atoms with Gasteiger partial charge in [-0.2, -0.15) is 0 Å². The summed E-state index contributed by atoms with van der Waals surface area (Å²) in [4.78, 5) is 17.9. The van der Waals surface area contributed by atoms with E-state index >= 15 is 0 Å². The van der Waals surface area contributed by atoms with Gasteiger partial charge in [0.15, 0.2) is 10.9 Å². The summed E-state index contributed by atoms with van der Waals surface area (Å²) in [6.45, 7) is 0.252. The summed E-state index contributed by atoms with van der Waals surface area (Å²) >= 11 is 1.56. The molecule has 4 aromatic rings. The Balaban J connectivity index is 1.38. The standard InChI is InChI=1S/C22H19N3O3S/c1-25-13-12-23-22(25)29-19-9-7-17(8-10-19)24-21(26)20-16(11-14-27-20)15-28-18-5-3-2-4-6-18/h2-14H,15H2,1H3,(H,24,26). The van der Waals surface area contributed by atoms with E-state index in [9.17, 15) is 4.79 Å². The first-order valence-corrected chi connectivity index (χ1v) is 9.81. The highest BCUT2D eigenvalue weighted by Crippen LogP contribution is 2.27. The van der Waals surface area contributed by atoms with Gasteiger partial charge in [-0.25, -0.2) is 4.98 Å². The van der Waals surface area contributed by atoms with E-state index in [4.69, 9.17) is 9.15 Å². The predicted octanol–water partition coefficient (Wildman–Crippen LogP) is 5.00. The lowest BCUT2D eigenvalue weighted by atomic mass is 10.2. The number of rotatable bonds is 7. The highest BCUT2D eigenvalue weighted by molar-refractivity contribution is 7.99. The van der Waals surface area contributed by atoms with Crippen molar-refractivity contribution in [1.29, 1.82) is 0 Å². The number of ether oxygens (including phenoxy) is 1. The number of imidazole rings is 1. The van der Waals surface area contributed by atoms with Crippen molar-refractivity contribution in [3.63, 3.8) is 0 Å². The van der Waals surface area contributed by atoms with E-state index in [0.29, 0.717) is 11.3 Å². The molecule has 0 unspecified atom stereocenters. The normalized spacial score (nSPS) is 10.7. The Morgan fingerprint density at radius 3 is 2.66 bits per heavy atom. The second-order valence-corrected chi connectivity index (χ2v) is 7.32. The molecule has 7 heteroatoms. The fraction of sp³-hybridized carbons (Fsp3) is 0.0909. The number of nitrogens with one attached hydrogen (secondary N) is 1. The summed E-state index contributed by atoms with van der Waals surface area (Å²) < 4.78 is 13.1. The molecule has 1 amide bonds. The molecule has 0 fully saturated rings. The lowest BCUT2D eigenvalue weighted by Crippen LogP contribution is -2.13. The molecule has 29 heavy (non-hydrogen) atoms. The van der Waals surface area contributed by atoms with E-state index in [0.717, 1.165) is 15.8 Å². The van der Waals surface area contributed by atoms with Gasteiger partial charge >= 0.3 is 0 Å². The third kappa shape index (κ3) is 4.70. The minimum absolute atomic E-state index is 0.243. The summed E-state index contributed by atoms with van der Waals surface area (Å²) in [7, 11) is 1.95. The molecule has 2 aromatic carbocycles. The first-order valence-electron chi connectivity index (χ1n) is 9.00. The van der Waals surface area contributed by atoms with Crippen LogP contribution in [0.1, 0.15) is 16.1 Å². The van der Waals surface area contributed by atoms with Gasteiger partial charge in [0.1, 0.15) is 12.4 Å². The van der Waals surface area contributed by atoms with Crippen LogP contribution in [-0.2, 0) is 13.7 Å². The summed E-state index contributed by atoms with van der Waals surface area (Å²) in [5.41, 5.74) is 1.37. The lowest BCUT2D eigenvalue weighted by molar-refractivity contribution is 0.0993. The highest BCUT2D eigenvalue weighted by atomic mass is 32.2. The molecule has 0 atom stereocenters. The van der Waals surface area contributed by atoms with Crippen LogP contribution in [0.2, 0.25) is 0 Å². The van der Waals surface area contributed by atoms with Gasteiger partial charge in [0.05, 0.1) is 6.26 Å². The van der Waals surface area contributed by atoms with Crippen LogP contribution >= 0.6 is 11.8 Å². The average molecular weight is 405 g/mol. The molecule has 0 saturated carbocycles. The molecule has 2 aromatic heterocycles. The topological polar surface area (TPSA) is 69.3 Å². The quantitative estimate of drug-likeness (QED) is 0.469. The summed E-state index contributed by atoms with van der Waals surface area (Å²) in [6, 6.07) is 18.8. The molecule has 0 aliphatic heterocycles. The molecule has 146 valence electrons. The largest absolute Gasteiger partial charge is 0.489 e. The molecular formula is C22H19N3O3S. The summed E-state index contributed by atoms with van der Waals surface area (Å²) in [6.07, 6.45) is 5.16. The second kappa shape index (κ2) is 8.70. The minimum Gasteiger partial charge on any atom is -0.489 e. The minimum atomic E-state index is -0.314. The van der Waals surface area contributed by atoms with E-state index in [-0.39, 0.29) is 18.3 Å². The number of hydrogen-bond acceptors (Lipinski definition) is 5. The van der Waals surface area contributed by atoms with Gasteiger partial charge in [-0.1, -0.05) is 30.0 Å². The Hall–Kier alpha value is -3.45. The van der Waals surface area contributed by atoms with Crippen LogP contribution in [-0.4, -0.2) is 15.5 Å². The Morgan fingerprint density at radius 2 is 1.93 bits per heavy atom. The van der Waals surface area contributed by atoms with E-state index in [1.54, 1.807) is 24.0 Å². The van der Waals surface area contributed by atoms with Crippen molar-refractivity contribution in [3.8, 4) is 5.75 Å². The first-order chi connectivity index (χ1) is 14.2. The van der Waals surface area contributed by atoms with E-state index in [1.807, 2.05) is 72.4 Å². The van der Waals surface area contributed by atoms with Gasteiger partial charge in [0.25, 0.3) is 5.91 Å². The average Bonchev–Trinajstić information content (AvgIpc) is 3.38. The van der Waals surface area contributed by atoms with E-state index < -0.39 is 0 Å². The number of amides is 1. The van der Waals surface area contributed by atoms with Gasteiger partial charge in [-0.3, -0.25) is 4.79 Å². The summed E-state index contributed by atoms with van der Waals surface area (Å²) in [5, 5.41) is 3.77. The fourth-order valence-electron chi connectivity index (χ4n) is 2.68. The fourth-order valence-corrected chi connectivity index (χ4v) is 3.48. The Morgan fingerprint density at radius 1 is 1.14 bits per heavy atom. The van der Waals surface area contributed by atoms with Crippen molar-refractivity contribution < 1.29 is 13.9 Å². The zero-order chi connectivity index (χ0) is 20.1. The van der Waals surface area contributed by atoms with Crippen LogP contribution in [0.25, 0.3) is 0 Å². The number of carbonyl (C=O) groups is 1. The molecule has 6 nitrogen and oxygen atoms in total. The number of nitrogens with zero attached hydrogens (tertiary/aromatic N) is 2. The number of para-hydroxylation sites is 1. The van der Waals surface area contributed by atoms with Crippen LogP contribution in [0.15, 0.2) is 93.8 Å². The molecule has 0 radical (unpaired) electrons. The lowest BCUT2D eigenvalue weighted by Gasteiger charge is -2.08. The van der Waals surface area contributed by atoms with Crippen molar-refractivity contribution in [2.45, 2.75) is 16.7 Å². The summed E-state index contributed by atoms with van der Waals surface area (Å²) in [5.74, 6) is 0.666. The zero-order valence-electron chi connectivity index (χ0n) is 15.7. The smallest absolute Gasteiger partial charge is 0.291 e. The number of aromatic nitrogens is 2. The second-order valence-electron chi connectivity index (χ2n) is 6.28. The highest BCUT2D eigenvalue weighted by Gasteiger charge is 2.16. The molecule has 0 saturated heterocycles. The number of aryl methyl sites for hydroxylation is 1. The predicted molar refractivity (Wildman–Crippen MR) is 111 cm³/mol. The Labute approximate surface area is 172 Å². The van der Waals surface area contributed by atoms with Crippen molar-refractivity contribution in [2.24, 2.45) is 7.05 Å². The maximum atomic E-state index is 12.6. The van der Waals surface area contributed by atoms with Gasteiger partial charge in [0, 0.05) is 35.6 Å². The third-order valence-electron chi connectivity index (χ3n) is 4.19. The molecule has 0 spiro atoms. The molecule has 0 aliphatic rings. The molecular weight excluding hydrogens is 386 g/mol. The van der Waals surface area contributed by atoms with Crippen molar-refractivity contribution in [2.75, 3.05) is 5.32 Å². The zero-order valence-corrected chi connectivity index (χ0v) is 16.6. The molecule has 0 bridgehead atoms. The van der Waals surface area contributed by atoms with Crippen LogP contribution < -0.4 is 10.1 Å². The third-order valence-corrected chi connectivity index (χ3v) is 5.27. The van der Waals surface area contributed by atoms with Crippen LogP contribution in [0.4, 0.5) is 5.69 Å². The SMILES string of the molecule is Cn1ccnc1Sc1ccc(NC(=O)c2occc2COc2ccccc2)cc1. The van der Waals surface area contributed by atoms with Crippen LogP contribution in [0, 0.1) is 0 Å². The number of anilines is 1. The van der Waals surface area contributed by atoms with E-state index in [2.05, 4.69) is 10.3 Å². The number of furan rings is 1. The van der Waals surface area contributed by atoms with E-state index in [1.165, 1.54) is 6.26 Å². The maximum absolute atomic E-state index is 12.6. The number of hydrogen-bond donors (Lipinski definition) is 1. The Kier molecular flexibility index (Phi) is 5.67. The molecule has 1 N–H and O–H groups in total. The van der Waals surface area contributed by atoms with Gasteiger partial charge < -0.3 is 19.0 Å².